The monoisotopic (exact) mass is 612 g/mol. The molecule has 0 spiro atoms. The summed E-state index contributed by atoms with van der Waals surface area (Å²) in [4.78, 5) is 44.8. The van der Waals surface area contributed by atoms with Gasteiger partial charge in [-0.3, -0.25) is 9.59 Å². The summed E-state index contributed by atoms with van der Waals surface area (Å²) in [7, 11) is 0. The highest BCUT2D eigenvalue weighted by Crippen LogP contribution is 2.15. The first-order chi connectivity index (χ1) is 20.9. The molecule has 0 unspecified atom stereocenters. The third kappa shape index (κ3) is 35.8. The van der Waals surface area contributed by atoms with Crippen LogP contribution in [-0.2, 0) is 23.8 Å². The summed E-state index contributed by atoms with van der Waals surface area (Å²) in [6.07, 6.45) is 29.0. The Morgan fingerprint density at radius 3 is 0.767 bits per heavy atom. The van der Waals surface area contributed by atoms with Gasteiger partial charge < -0.3 is 25.7 Å². The van der Waals surface area contributed by atoms with Crippen molar-refractivity contribution in [3.63, 3.8) is 0 Å². The van der Waals surface area contributed by atoms with E-state index >= 15 is 0 Å². The lowest BCUT2D eigenvalue weighted by atomic mass is 10.0. The Bertz CT molecular complexity index is 632. The van der Waals surface area contributed by atoms with E-state index in [-0.39, 0.29) is 11.9 Å². The van der Waals surface area contributed by atoms with E-state index in [0.717, 1.165) is 64.2 Å². The van der Waals surface area contributed by atoms with Crippen LogP contribution >= 0.6 is 0 Å². The minimum atomic E-state index is -0.687. The number of primary amides is 2. The van der Waals surface area contributed by atoms with Crippen LogP contribution in [0.5, 0.6) is 0 Å². The van der Waals surface area contributed by atoms with Crippen molar-refractivity contribution in [2.24, 2.45) is 11.5 Å². The fourth-order valence-corrected chi connectivity index (χ4v) is 5.21. The molecule has 0 aliphatic rings. The van der Waals surface area contributed by atoms with Gasteiger partial charge in [0.1, 0.15) is 0 Å². The Kier molecular flexibility index (Phi) is 30.8. The number of carbonyl (C=O) groups excluding carboxylic acids is 4. The minimum Gasteiger partial charge on any atom is -0.450 e. The molecule has 0 fully saturated rings. The Labute approximate surface area is 261 Å². The molecule has 43 heavy (non-hydrogen) atoms. The fraction of sp³-hybridized carbons (Fsp3) is 0.882. The van der Waals surface area contributed by atoms with Gasteiger partial charge in [0.25, 0.3) is 0 Å². The lowest BCUT2D eigenvalue weighted by Crippen LogP contribution is -2.13. The Balaban J connectivity index is 3.29. The van der Waals surface area contributed by atoms with E-state index in [1.807, 2.05) is 0 Å². The quantitative estimate of drug-likeness (QED) is 0.0333. The van der Waals surface area contributed by atoms with Crippen molar-refractivity contribution >= 4 is 24.1 Å². The molecule has 0 atom stereocenters. The van der Waals surface area contributed by atoms with Crippen LogP contribution in [0.4, 0.5) is 9.59 Å². The largest absolute Gasteiger partial charge is 0.450 e. The first-order valence-electron chi connectivity index (χ1n) is 17.5. The van der Waals surface area contributed by atoms with E-state index in [0.29, 0.717) is 26.1 Å². The Morgan fingerprint density at radius 1 is 0.326 bits per heavy atom. The van der Waals surface area contributed by atoms with E-state index in [1.165, 1.54) is 103 Å². The number of amides is 2. The fourth-order valence-electron chi connectivity index (χ4n) is 5.21. The molecular weight excluding hydrogens is 548 g/mol. The van der Waals surface area contributed by atoms with E-state index in [9.17, 15) is 19.2 Å². The SMILES string of the molecule is NC(=O)OCCCCCCCCCCCCCCCC(=O)OC(=O)CCCCCCCCCCCCCCCOC(N)=O. The van der Waals surface area contributed by atoms with Crippen molar-refractivity contribution in [3.8, 4) is 0 Å². The zero-order valence-corrected chi connectivity index (χ0v) is 27.2. The zero-order valence-electron chi connectivity index (χ0n) is 27.2. The van der Waals surface area contributed by atoms with Crippen LogP contribution in [0.3, 0.4) is 0 Å². The van der Waals surface area contributed by atoms with Crippen molar-refractivity contribution < 1.29 is 33.4 Å². The maximum atomic E-state index is 11.9. The first-order valence-corrected chi connectivity index (χ1v) is 17.5. The molecule has 2 amide bonds. The molecule has 0 saturated heterocycles. The second-order valence-corrected chi connectivity index (χ2v) is 11.9. The van der Waals surface area contributed by atoms with Crippen molar-refractivity contribution in [2.45, 2.75) is 180 Å². The molecule has 9 nitrogen and oxygen atoms in total. The van der Waals surface area contributed by atoms with Gasteiger partial charge in [0.15, 0.2) is 0 Å². The minimum absolute atomic E-state index is 0.340. The summed E-state index contributed by atoms with van der Waals surface area (Å²) in [6, 6.07) is 0. The molecule has 0 aliphatic heterocycles. The number of esters is 2. The van der Waals surface area contributed by atoms with Crippen LogP contribution in [0.1, 0.15) is 180 Å². The maximum absolute atomic E-state index is 11.9. The number of rotatable bonds is 32. The van der Waals surface area contributed by atoms with E-state index in [1.54, 1.807) is 0 Å². The molecule has 0 aromatic carbocycles. The molecule has 0 heterocycles. The third-order valence-corrected chi connectivity index (χ3v) is 7.77. The summed E-state index contributed by atoms with van der Waals surface area (Å²) >= 11 is 0. The number of nitrogens with two attached hydrogens (primary N) is 2. The van der Waals surface area contributed by atoms with Gasteiger partial charge in [-0.25, -0.2) is 9.59 Å². The molecule has 0 aromatic rings. The molecule has 4 N–H and O–H groups in total. The average Bonchev–Trinajstić information content (AvgIpc) is 2.96. The highest BCUT2D eigenvalue weighted by Gasteiger charge is 2.10. The van der Waals surface area contributed by atoms with E-state index in [2.05, 4.69) is 0 Å². The molecule has 9 heteroatoms. The van der Waals surface area contributed by atoms with E-state index in [4.69, 9.17) is 25.7 Å². The summed E-state index contributed by atoms with van der Waals surface area (Å²) in [6.45, 7) is 0.862. The van der Waals surface area contributed by atoms with Crippen LogP contribution < -0.4 is 11.5 Å². The molecular formula is C34H64N2O7. The number of carbonyl (C=O) groups is 4. The number of hydrogen-bond acceptors (Lipinski definition) is 7. The summed E-state index contributed by atoms with van der Waals surface area (Å²) in [5.74, 6) is -0.745. The number of unbranched alkanes of at least 4 members (excludes halogenated alkanes) is 24. The van der Waals surface area contributed by atoms with Crippen LogP contribution in [-0.4, -0.2) is 37.3 Å². The van der Waals surface area contributed by atoms with Gasteiger partial charge in [-0.15, -0.1) is 0 Å². The van der Waals surface area contributed by atoms with Gasteiger partial charge in [-0.05, 0) is 25.7 Å². The highest BCUT2D eigenvalue weighted by atomic mass is 16.6. The zero-order chi connectivity index (χ0) is 31.6. The van der Waals surface area contributed by atoms with Gasteiger partial charge in [0.2, 0.25) is 0 Å². The van der Waals surface area contributed by atoms with Crippen LogP contribution in [0.25, 0.3) is 0 Å². The summed E-state index contributed by atoms with van der Waals surface area (Å²) in [5.41, 5.74) is 9.85. The van der Waals surface area contributed by atoms with Gasteiger partial charge in [-0.2, -0.15) is 0 Å². The molecule has 0 rings (SSSR count). The summed E-state index contributed by atoms with van der Waals surface area (Å²) in [5, 5.41) is 0. The van der Waals surface area contributed by atoms with Gasteiger partial charge in [0.05, 0.1) is 13.2 Å². The summed E-state index contributed by atoms with van der Waals surface area (Å²) < 4.78 is 14.4. The number of hydrogen-bond donors (Lipinski definition) is 2. The predicted octanol–water partition coefficient (Wildman–Crippen LogP) is 9.17. The molecule has 252 valence electrons. The molecule has 0 aliphatic carbocycles. The third-order valence-electron chi connectivity index (χ3n) is 7.77. The highest BCUT2D eigenvalue weighted by molar-refractivity contribution is 5.85. The van der Waals surface area contributed by atoms with Crippen molar-refractivity contribution in [1.29, 1.82) is 0 Å². The number of ether oxygens (including phenoxy) is 3. The average molecular weight is 613 g/mol. The van der Waals surface area contributed by atoms with Crippen molar-refractivity contribution in [2.75, 3.05) is 13.2 Å². The standard InChI is InChI=1S/C34H64N2O7/c35-33(39)41-29-25-21-17-13-9-5-1-3-7-11-15-19-23-27-31(37)43-32(38)28-24-20-16-12-8-4-2-6-10-14-18-22-26-30-42-34(36)40/h1-30H2,(H2,35,39)(H2,36,40). The van der Waals surface area contributed by atoms with Gasteiger partial charge >= 0.3 is 24.1 Å². The van der Waals surface area contributed by atoms with Crippen molar-refractivity contribution in [3.05, 3.63) is 0 Å². The molecule has 0 radical (unpaired) electrons. The lowest BCUT2D eigenvalue weighted by molar-refractivity contribution is -0.159. The second kappa shape index (κ2) is 32.6. The normalized spacial score (nSPS) is 10.9. The molecule has 0 bridgehead atoms. The smallest absolute Gasteiger partial charge is 0.404 e. The topological polar surface area (TPSA) is 148 Å². The molecule has 0 aromatic heterocycles. The maximum Gasteiger partial charge on any atom is 0.404 e. The van der Waals surface area contributed by atoms with E-state index < -0.39 is 12.2 Å². The Hall–Kier alpha value is -2.32. The van der Waals surface area contributed by atoms with Crippen LogP contribution in [0.15, 0.2) is 0 Å². The predicted molar refractivity (Wildman–Crippen MR) is 171 cm³/mol. The van der Waals surface area contributed by atoms with Crippen molar-refractivity contribution in [1.82, 2.24) is 0 Å². The Morgan fingerprint density at radius 2 is 0.535 bits per heavy atom. The second-order valence-electron chi connectivity index (χ2n) is 11.9. The van der Waals surface area contributed by atoms with Gasteiger partial charge in [0, 0.05) is 12.8 Å². The van der Waals surface area contributed by atoms with Crippen LogP contribution in [0.2, 0.25) is 0 Å². The van der Waals surface area contributed by atoms with Gasteiger partial charge in [-0.1, -0.05) is 141 Å². The molecule has 0 saturated carbocycles. The van der Waals surface area contributed by atoms with Crippen LogP contribution in [0, 0.1) is 0 Å². The first kappa shape index (κ1) is 40.7. The lowest BCUT2D eigenvalue weighted by Gasteiger charge is -2.05.